The molecule has 1 aliphatic heterocycles. The largest absolute Gasteiger partial charge is 0.324 e. The average molecular weight is 348 g/mol. The summed E-state index contributed by atoms with van der Waals surface area (Å²) in [6.45, 7) is 3.74. The van der Waals surface area contributed by atoms with E-state index >= 15 is 0 Å². The maximum absolute atomic E-state index is 12.6. The summed E-state index contributed by atoms with van der Waals surface area (Å²) in [4.78, 5) is 17.0. The fraction of sp³-hybridized carbons (Fsp3) is 0.375. The number of carbonyl (C=O) groups excluding carboxylic acids is 1. The van der Waals surface area contributed by atoms with Crippen molar-refractivity contribution in [2.24, 2.45) is 5.41 Å². The Balaban J connectivity index is 1.89. The molecule has 1 amide bonds. The van der Waals surface area contributed by atoms with Crippen LogP contribution < -0.4 is 10.6 Å². The summed E-state index contributed by atoms with van der Waals surface area (Å²) in [6.07, 6.45) is 3.70. The number of nitrogens with zero attached hydrogens (tertiary/aromatic N) is 1. The first kappa shape index (κ1) is 14.5. The van der Waals surface area contributed by atoms with Crippen molar-refractivity contribution in [3.63, 3.8) is 0 Å². The van der Waals surface area contributed by atoms with Gasteiger partial charge in [0.25, 0.3) is 0 Å². The number of nitrogens with one attached hydrogen (secondary N) is 2. The molecule has 1 aromatic carbocycles. The summed E-state index contributed by atoms with van der Waals surface area (Å²) in [7, 11) is 0. The Morgan fingerprint density at radius 2 is 2.33 bits per heavy atom. The number of rotatable bonds is 2. The van der Waals surface area contributed by atoms with Gasteiger partial charge in [0.2, 0.25) is 5.91 Å². The predicted octanol–water partition coefficient (Wildman–Crippen LogP) is 3.33. The predicted molar refractivity (Wildman–Crippen MR) is 88.3 cm³/mol. The summed E-state index contributed by atoms with van der Waals surface area (Å²) >= 11 is 3.42. The van der Waals surface area contributed by atoms with Crippen molar-refractivity contribution < 1.29 is 4.79 Å². The molecular weight excluding hydrogens is 330 g/mol. The van der Waals surface area contributed by atoms with Gasteiger partial charge < -0.3 is 10.6 Å². The monoisotopic (exact) mass is 347 g/mol. The van der Waals surface area contributed by atoms with Gasteiger partial charge in [-0.25, -0.2) is 0 Å². The molecule has 3 rings (SSSR count). The zero-order valence-corrected chi connectivity index (χ0v) is 13.5. The van der Waals surface area contributed by atoms with Crippen LogP contribution in [0.25, 0.3) is 10.9 Å². The van der Waals surface area contributed by atoms with Crippen molar-refractivity contribution in [3.05, 3.63) is 34.9 Å². The van der Waals surface area contributed by atoms with Gasteiger partial charge in [-0.2, -0.15) is 0 Å². The van der Waals surface area contributed by atoms with Crippen molar-refractivity contribution in [3.8, 4) is 0 Å². The molecule has 2 aromatic rings. The number of amides is 1. The minimum absolute atomic E-state index is 0.0620. The molecule has 1 unspecified atom stereocenters. The highest BCUT2D eigenvalue weighted by molar-refractivity contribution is 9.10. The highest BCUT2D eigenvalue weighted by atomic mass is 79.9. The third kappa shape index (κ3) is 2.94. The first-order chi connectivity index (χ1) is 10.1. The van der Waals surface area contributed by atoms with Gasteiger partial charge in [-0.3, -0.25) is 9.78 Å². The summed E-state index contributed by atoms with van der Waals surface area (Å²) in [5.74, 6) is 0.0620. The van der Waals surface area contributed by atoms with Gasteiger partial charge in [0, 0.05) is 22.6 Å². The Hall–Kier alpha value is -1.46. The second-order valence-electron chi connectivity index (χ2n) is 5.83. The molecule has 0 saturated carbocycles. The first-order valence-corrected chi connectivity index (χ1v) is 7.94. The second kappa shape index (κ2) is 5.73. The van der Waals surface area contributed by atoms with Gasteiger partial charge in [0.1, 0.15) is 0 Å². The molecule has 21 heavy (non-hydrogen) atoms. The number of pyridine rings is 1. The summed E-state index contributed by atoms with van der Waals surface area (Å²) < 4.78 is 0.932. The Morgan fingerprint density at radius 3 is 3.10 bits per heavy atom. The Morgan fingerprint density at radius 1 is 1.48 bits per heavy atom. The van der Waals surface area contributed by atoms with Gasteiger partial charge in [-0.05, 0) is 54.4 Å². The molecule has 5 heteroatoms. The smallest absolute Gasteiger partial charge is 0.231 e. The van der Waals surface area contributed by atoms with Crippen LogP contribution in [0.4, 0.5) is 5.69 Å². The maximum Gasteiger partial charge on any atom is 0.231 e. The van der Waals surface area contributed by atoms with Crippen LogP contribution in [0.5, 0.6) is 0 Å². The minimum Gasteiger partial charge on any atom is -0.324 e. The molecule has 0 bridgehead atoms. The van der Waals surface area contributed by atoms with Crippen LogP contribution in [0.15, 0.2) is 34.9 Å². The van der Waals surface area contributed by atoms with Crippen LogP contribution in [0.3, 0.4) is 0 Å². The molecule has 1 aliphatic rings. The van der Waals surface area contributed by atoms with Crippen LogP contribution in [-0.4, -0.2) is 24.0 Å². The lowest BCUT2D eigenvalue weighted by atomic mass is 9.82. The third-order valence-electron chi connectivity index (χ3n) is 4.07. The van der Waals surface area contributed by atoms with E-state index in [0.29, 0.717) is 0 Å². The zero-order valence-electron chi connectivity index (χ0n) is 11.9. The van der Waals surface area contributed by atoms with E-state index in [-0.39, 0.29) is 11.3 Å². The molecule has 0 aliphatic carbocycles. The number of para-hydroxylation sites is 1. The molecule has 0 spiro atoms. The lowest BCUT2D eigenvalue weighted by Gasteiger charge is -2.32. The number of hydrogen-bond donors (Lipinski definition) is 2. The molecule has 2 N–H and O–H groups in total. The lowest BCUT2D eigenvalue weighted by Crippen LogP contribution is -2.46. The summed E-state index contributed by atoms with van der Waals surface area (Å²) in [5.41, 5.74) is 1.24. The fourth-order valence-corrected chi connectivity index (χ4v) is 3.11. The third-order valence-corrected chi connectivity index (χ3v) is 4.50. The van der Waals surface area contributed by atoms with E-state index in [4.69, 9.17) is 0 Å². The van der Waals surface area contributed by atoms with Gasteiger partial charge in [-0.15, -0.1) is 0 Å². The van der Waals surface area contributed by atoms with E-state index in [1.165, 1.54) is 0 Å². The summed E-state index contributed by atoms with van der Waals surface area (Å²) in [5, 5.41) is 7.37. The molecule has 4 nitrogen and oxygen atoms in total. The Bertz CT molecular complexity index is 680. The number of benzene rings is 1. The van der Waals surface area contributed by atoms with Gasteiger partial charge >= 0.3 is 0 Å². The molecule has 2 heterocycles. The molecule has 110 valence electrons. The van der Waals surface area contributed by atoms with Crippen LogP contribution in [-0.2, 0) is 4.79 Å². The highest BCUT2D eigenvalue weighted by Crippen LogP contribution is 2.29. The van der Waals surface area contributed by atoms with Crippen molar-refractivity contribution in [2.45, 2.75) is 19.8 Å². The standard InChI is InChI=1S/C16H18BrN3O/c1-16(6-3-7-18-10-16)15(21)20-13-5-2-4-11-8-12(17)9-19-14(11)13/h2,4-5,8-9,18H,3,6-7,10H2,1H3,(H,20,21). The average Bonchev–Trinajstić information content (AvgIpc) is 2.48. The highest BCUT2D eigenvalue weighted by Gasteiger charge is 2.34. The van der Waals surface area contributed by atoms with E-state index in [9.17, 15) is 4.79 Å². The number of anilines is 1. The first-order valence-electron chi connectivity index (χ1n) is 7.15. The Labute approximate surface area is 132 Å². The van der Waals surface area contributed by atoms with Gasteiger partial charge in [-0.1, -0.05) is 12.1 Å². The summed E-state index contributed by atoms with van der Waals surface area (Å²) in [6, 6.07) is 7.84. The molecule has 1 atom stereocenters. The molecular formula is C16H18BrN3O. The maximum atomic E-state index is 12.6. The zero-order chi connectivity index (χ0) is 14.9. The number of piperidine rings is 1. The van der Waals surface area contributed by atoms with Crippen molar-refractivity contribution >= 4 is 38.4 Å². The van der Waals surface area contributed by atoms with Crippen molar-refractivity contribution in [1.82, 2.24) is 10.3 Å². The number of fused-ring (bicyclic) bond motifs is 1. The molecule has 1 fully saturated rings. The van der Waals surface area contributed by atoms with Crippen LogP contribution in [0.1, 0.15) is 19.8 Å². The number of aromatic nitrogens is 1. The van der Waals surface area contributed by atoms with E-state index in [1.54, 1.807) is 6.20 Å². The topological polar surface area (TPSA) is 54.0 Å². The van der Waals surface area contributed by atoms with Crippen LogP contribution >= 0.6 is 15.9 Å². The molecule has 0 radical (unpaired) electrons. The SMILES string of the molecule is CC1(C(=O)Nc2cccc3cc(Br)cnc23)CCCNC1. The second-order valence-corrected chi connectivity index (χ2v) is 6.74. The molecule has 1 saturated heterocycles. The minimum atomic E-state index is -0.351. The normalized spacial score (nSPS) is 22.2. The van der Waals surface area contributed by atoms with Gasteiger partial charge in [0.05, 0.1) is 16.6 Å². The van der Waals surface area contributed by atoms with E-state index in [0.717, 1.165) is 47.0 Å². The van der Waals surface area contributed by atoms with E-state index in [1.807, 2.05) is 31.2 Å². The fourth-order valence-electron chi connectivity index (χ4n) is 2.76. The Kier molecular flexibility index (Phi) is 3.95. The lowest BCUT2D eigenvalue weighted by molar-refractivity contribution is -0.125. The number of halogens is 1. The quantitative estimate of drug-likeness (QED) is 0.875. The number of carbonyl (C=O) groups is 1. The van der Waals surface area contributed by atoms with Crippen molar-refractivity contribution in [2.75, 3.05) is 18.4 Å². The molecule has 1 aromatic heterocycles. The van der Waals surface area contributed by atoms with E-state index in [2.05, 4.69) is 31.5 Å². The number of hydrogen-bond acceptors (Lipinski definition) is 3. The van der Waals surface area contributed by atoms with Crippen LogP contribution in [0, 0.1) is 5.41 Å². The van der Waals surface area contributed by atoms with Crippen LogP contribution in [0.2, 0.25) is 0 Å². The van der Waals surface area contributed by atoms with Crippen molar-refractivity contribution in [1.29, 1.82) is 0 Å². The van der Waals surface area contributed by atoms with E-state index < -0.39 is 0 Å². The van der Waals surface area contributed by atoms with Gasteiger partial charge in [0.15, 0.2) is 0 Å².